The highest BCUT2D eigenvalue weighted by Gasteiger charge is 2.53. The SMILES string of the molecule is Cc1c(C(=O)CC2C3CC[C@@H]2CC(O)(C(C)(C)C)C3)c2ccc(CCC#N)cc2n1-c1ccc(Cl)cc1. The molecule has 1 heterocycles. The number of fused-ring (bicyclic) bond motifs is 3. The molecule has 0 saturated heterocycles. The van der Waals surface area contributed by atoms with E-state index >= 15 is 0 Å². The first-order valence-corrected chi connectivity index (χ1v) is 13.9. The largest absolute Gasteiger partial charge is 0.389 e. The van der Waals surface area contributed by atoms with Gasteiger partial charge in [0.05, 0.1) is 17.2 Å². The monoisotopic (exact) mass is 516 g/mol. The lowest BCUT2D eigenvalue weighted by molar-refractivity contribution is -0.115. The van der Waals surface area contributed by atoms with Crippen LogP contribution in [-0.2, 0) is 6.42 Å². The van der Waals surface area contributed by atoms with E-state index < -0.39 is 5.60 Å². The molecule has 0 radical (unpaired) electrons. The Labute approximate surface area is 225 Å². The molecule has 5 heteroatoms. The highest BCUT2D eigenvalue weighted by atomic mass is 35.5. The number of ketones is 1. The van der Waals surface area contributed by atoms with Crippen LogP contribution >= 0.6 is 11.6 Å². The van der Waals surface area contributed by atoms with Crippen molar-refractivity contribution >= 4 is 28.3 Å². The number of carbonyl (C=O) groups is 1. The number of benzene rings is 2. The summed E-state index contributed by atoms with van der Waals surface area (Å²) in [7, 11) is 0. The Bertz CT molecular complexity index is 1360. The molecule has 2 bridgehead atoms. The van der Waals surface area contributed by atoms with E-state index in [0.717, 1.165) is 59.1 Å². The first kappa shape index (κ1) is 26.0. The van der Waals surface area contributed by atoms with Crippen LogP contribution in [0.25, 0.3) is 16.6 Å². The van der Waals surface area contributed by atoms with E-state index in [1.807, 2.05) is 31.2 Å². The van der Waals surface area contributed by atoms with Gasteiger partial charge in [0, 0.05) is 40.2 Å². The van der Waals surface area contributed by atoms with Crippen LogP contribution in [0.5, 0.6) is 0 Å². The lowest BCUT2D eigenvalue weighted by Crippen LogP contribution is -2.49. The van der Waals surface area contributed by atoms with Gasteiger partial charge in [0.15, 0.2) is 5.78 Å². The Kier molecular flexibility index (Phi) is 6.75. The fraction of sp³-hybridized carbons (Fsp3) is 0.500. The summed E-state index contributed by atoms with van der Waals surface area (Å²) in [6.45, 7) is 8.44. The van der Waals surface area contributed by atoms with Gasteiger partial charge in [-0.3, -0.25) is 4.79 Å². The van der Waals surface area contributed by atoms with E-state index in [1.165, 1.54) is 0 Å². The second-order valence-electron chi connectivity index (χ2n) is 12.4. The van der Waals surface area contributed by atoms with E-state index in [2.05, 4.69) is 49.6 Å². The summed E-state index contributed by atoms with van der Waals surface area (Å²) in [5, 5.41) is 22.2. The van der Waals surface area contributed by atoms with E-state index in [4.69, 9.17) is 16.9 Å². The molecule has 2 aliphatic rings. The van der Waals surface area contributed by atoms with Crippen LogP contribution in [0.2, 0.25) is 5.02 Å². The number of aliphatic hydroxyl groups is 1. The van der Waals surface area contributed by atoms with Crippen molar-refractivity contribution in [2.75, 3.05) is 0 Å². The number of hydrogen-bond donors (Lipinski definition) is 1. The normalized spacial score (nSPS) is 25.4. The minimum atomic E-state index is -0.654. The molecule has 2 saturated carbocycles. The van der Waals surface area contributed by atoms with Crippen molar-refractivity contribution in [2.45, 2.75) is 78.2 Å². The zero-order chi connectivity index (χ0) is 26.5. The molecule has 194 valence electrons. The number of nitrogens with zero attached hydrogens (tertiary/aromatic N) is 2. The van der Waals surface area contributed by atoms with Crippen LogP contribution < -0.4 is 0 Å². The average molecular weight is 517 g/mol. The van der Waals surface area contributed by atoms with Crippen LogP contribution in [0.1, 0.15) is 80.9 Å². The van der Waals surface area contributed by atoms with Crippen LogP contribution in [0, 0.1) is 41.4 Å². The Balaban J connectivity index is 1.52. The Morgan fingerprint density at radius 1 is 1.14 bits per heavy atom. The zero-order valence-corrected chi connectivity index (χ0v) is 23.1. The molecule has 2 aliphatic carbocycles. The number of aromatic nitrogens is 1. The fourth-order valence-corrected chi connectivity index (χ4v) is 7.18. The minimum absolute atomic E-state index is 0.158. The van der Waals surface area contributed by atoms with Gasteiger partial charge in [0.25, 0.3) is 0 Å². The summed E-state index contributed by atoms with van der Waals surface area (Å²) >= 11 is 6.17. The Hall–Kier alpha value is -2.61. The maximum Gasteiger partial charge on any atom is 0.165 e. The Morgan fingerprint density at radius 3 is 2.38 bits per heavy atom. The molecule has 4 nitrogen and oxygen atoms in total. The van der Waals surface area contributed by atoms with Gasteiger partial charge >= 0.3 is 0 Å². The second kappa shape index (κ2) is 9.61. The quantitative estimate of drug-likeness (QED) is 0.339. The molecule has 3 aromatic rings. The lowest BCUT2D eigenvalue weighted by Gasteiger charge is -2.48. The highest BCUT2D eigenvalue weighted by molar-refractivity contribution is 6.30. The summed E-state index contributed by atoms with van der Waals surface area (Å²) in [5.74, 6) is 1.32. The van der Waals surface area contributed by atoms with Gasteiger partial charge in [-0.1, -0.05) is 44.5 Å². The van der Waals surface area contributed by atoms with Crippen molar-refractivity contribution < 1.29 is 9.90 Å². The van der Waals surface area contributed by atoms with E-state index in [0.29, 0.717) is 42.0 Å². The highest BCUT2D eigenvalue weighted by Crippen LogP contribution is 2.56. The van der Waals surface area contributed by atoms with Crippen molar-refractivity contribution in [3.63, 3.8) is 0 Å². The minimum Gasteiger partial charge on any atom is -0.389 e. The molecular weight excluding hydrogens is 480 g/mol. The van der Waals surface area contributed by atoms with Crippen LogP contribution in [0.15, 0.2) is 42.5 Å². The van der Waals surface area contributed by atoms with Crippen molar-refractivity contribution in [1.29, 1.82) is 5.26 Å². The standard InChI is InChI=1S/C32H37ClN2O2/c1-20-30(29(36)17-27-22-8-9-23(27)19-32(37,18-22)31(2,3)4)26-14-7-21(6-5-15-34)16-28(26)35(20)25-12-10-24(33)11-13-25/h7,10-14,16,22-23,27,37H,5-6,8-9,17-19H2,1-4H3/t22-,23?,27?,32?/m1/s1. The van der Waals surface area contributed by atoms with E-state index in [1.54, 1.807) is 0 Å². The topological polar surface area (TPSA) is 66.0 Å². The molecule has 4 atom stereocenters. The van der Waals surface area contributed by atoms with Crippen molar-refractivity contribution in [1.82, 2.24) is 4.57 Å². The average Bonchev–Trinajstić information content (AvgIpc) is 3.26. The summed E-state index contributed by atoms with van der Waals surface area (Å²) < 4.78 is 2.16. The predicted octanol–water partition coefficient (Wildman–Crippen LogP) is 7.83. The first-order valence-electron chi connectivity index (χ1n) is 13.5. The van der Waals surface area contributed by atoms with Gasteiger partial charge in [-0.05, 0) is 98.1 Å². The van der Waals surface area contributed by atoms with Gasteiger partial charge in [-0.2, -0.15) is 5.26 Å². The molecule has 5 rings (SSSR count). The molecule has 0 aliphatic heterocycles. The molecule has 3 unspecified atom stereocenters. The molecular formula is C32H37ClN2O2. The third-order valence-electron chi connectivity index (χ3n) is 9.29. The maximum absolute atomic E-state index is 14.0. The van der Waals surface area contributed by atoms with E-state index in [9.17, 15) is 9.90 Å². The summed E-state index contributed by atoms with van der Waals surface area (Å²) in [6, 6.07) is 16.2. The van der Waals surface area contributed by atoms with Crippen molar-refractivity contribution in [3.8, 4) is 11.8 Å². The molecule has 0 spiro atoms. The van der Waals surface area contributed by atoms with Crippen molar-refractivity contribution in [2.24, 2.45) is 23.2 Å². The van der Waals surface area contributed by atoms with E-state index in [-0.39, 0.29) is 11.2 Å². The van der Waals surface area contributed by atoms with Gasteiger partial charge in [-0.25, -0.2) is 0 Å². The number of halogens is 1. The third kappa shape index (κ3) is 4.62. The maximum atomic E-state index is 14.0. The molecule has 2 fully saturated rings. The number of rotatable bonds is 6. The smallest absolute Gasteiger partial charge is 0.165 e. The number of nitriles is 1. The summed E-state index contributed by atoms with van der Waals surface area (Å²) in [6.07, 6.45) is 5.47. The molecule has 1 N–H and O–H groups in total. The Morgan fingerprint density at radius 2 is 1.78 bits per heavy atom. The van der Waals surface area contributed by atoms with Crippen LogP contribution in [0.4, 0.5) is 0 Å². The summed E-state index contributed by atoms with van der Waals surface area (Å²) in [4.78, 5) is 14.0. The number of aryl methyl sites for hydroxylation is 1. The van der Waals surface area contributed by atoms with Gasteiger partial charge in [-0.15, -0.1) is 0 Å². The number of hydrogen-bond acceptors (Lipinski definition) is 3. The van der Waals surface area contributed by atoms with Crippen LogP contribution in [-0.4, -0.2) is 21.1 Å². The molecule has 2 aromatic carbocycles. The number of carbonyl (C=O) groups excluding carboxylic acids is 1. The predicted molar refractivity (Wildman–Crippen MR) is 149 cm³/mol. The van der Waals surface area contributed by atoms with Gasteiger partial charge in [0.2, 0.25) is 0 Å². The third-order valence-corrected chi connectivity index (χ3v) is 9.55. The summed E-state index contributed by atoms with van der Waals surface area (Å²) in [5.41, 5.74) is 3.98. The first-order chi connectivity index (χ1) is 17.5. The zero-order valence-electron chi connectivity index (χ0n) is 22.4. The van der Waals surface area contributed by atoms with Gasteiger partial charge in [0.1, 0.15) is 0 Å². The second-order valence-corrected chi connectivity index (χ2v) is 12.8. The fourth-order valence-electron chi connectivity index (χ4n) is 7.05. The number of Topliss-reactive ketones (excluding diaryl/α,β-unsaturated/α-hetero) is 1. The van der Waals surface area contributed by atoms with Crippen LogP contribution in [0.3, 0.4) is 0 Å². The molecule has 37 heavy (non-hydrogen) atoms. The van der Waals surface area contributed by atoms with Crippen molar-refractivity contribution in [3.05, 3.63) is 64.3 Å². The van der Waals surface area contributed by atoms with Gasteiger partial charge < -0.3 is 9.67 Å². The lowest BCUT2D eigenvalue weighted by atomic mass is 9.61. The molecule has 0 amide bonds. The molecule has 1 aromatic heterocycles.